The highest BCUT2D eigenvalue weighted by molar-refractivity contribution is 7.07. The largest absolute Gasteiger partial charge is 0.324 e. The van der Waals surface area contributed by atoms with Gasteiger partial charge in [-0.2, -0.15) is 11.3 Å². The summed E-state index contributed by atoms with van der Waals surface area (Å²) >= 11 is 1.70. The molecule has 0 fully saturated rings. The van der Waals surface area contributed by atoms with Crippen molar-refractivity contribution in [3.63, 3.8) is 0 Å². The normalized spacial score (nSPS) is 12.1. The minimum atomic E-state index is 0.00423. The van der Waals surface area contributed by atoms with Crippen LogP contribution in [-0.4, -0.2) is 18.5 Å². The fourth-order valence-electron chi connectivity index (χ4n) is 2.30. The third-order valence-corrected chi connectivity index (χ3v) is 4.21. The Labute approximate surface area is 130 Å². The minimum Gasteiger partial charge on any atom is -0.324 e. The number of thiophene rings is 1. The molecule has 0 aliphatic carbocycles. The molecule has 1 aromatic heterocycles. The van der Waals surface area contributed by atoms with Gasteiger partial charge in [-0.25, -0.2) is 0 Å². The van der Waals surface area contributed by atoms with Gasteiger partial charge in [0.15, 0.2) is 0 Å². The SMILES string of the molecule is Cc1cccc(C)c1NC(=O)CN[C@@H](C)Cc1ccsc1. The van der Waals surface area contributed by atoms with Gasteiger partial charge >= 0.3 is 0 Å². The van der Waals surface area contributed by atoms with Crippen LogP contribution in [0.25, 0.3) is 0 Å². The van der Waals surface area contributed by atoms with E-state index in [1.54, 1.807) is 11.3 Å². The summed E-state index contributed by atoms with van der Waals surface area (Å²) in [4.78, 5) is 12.1. The average Bonchev–Trinajstić information content (AvgIpc) is 2.94. The predicted octanol–water partition coefficient (Wildman–Crippen LogP) is 3.52. The number of benzene rings is 1. The lowest BCUT2D eigenvalue weighted by Gasteiger charge is -2.15. The van der Waals surface area contributed by atoms with Gasteiger partial charge in [-0.15, -0.1) is 0 Å². The van der Waals surface area contributed by atoms with Crippen molar-refractivity contribution in [3.05, 3.63) is 51.7 Å². The molecule has 1 aromatic carbocycles. The molecule has 0 bridgehead atoms. The number of amides is 1. The third kappa shape index (κ3) is 4.69. The second kappa shape index (κ2) is 7.38. The Morgan fingerprint density at radius 3 is 2.57 bits per heavy atom. The van der Waals surface area contributed by atoms with Crippen LogP contribution in [0.2, 0.25) is 0 Å². The van der Waals surface area contributed by atoms with E-state index < -0.39 is 0 Å². The first-order valence-corrected chi connectivity index (χ1v) is 8.11. The molecule has 0 unspecified atom stereocenters. The van der Waals surface area contributed by atoms with Gasteiger partial charge in [0.1, 0.15) is 0 Å². The maximum Gasteiger partial charge on any atom is 0.238 e. The fraction of sp³-hybridized carbons (Fsp3) is 0.353. The van der Waals surface area contributed by atoms with E-state index in [4.69, 9.17) is 0 Å². The van der Waals surface area contributed by atoms with E-state index in [1.807, 2.05) is 32.0 Å². The number of anilines is 1. The zero-order valence-electron chi connectivity index (χ0n) is 12.8. The van der Waals surface area contributed by atoms with Crippen molar-refractivity contribution in [2.45, 2.75) is 33.2 Å². The van der Waals surface area contributed by atoms with Crippen molar-refractivity contribution in [1.82, 2.24) is 5.32 Å². The number of aryl methyl sites for hydroxylation is 2. The average molecular weight is 302 g/mol. The van der Waals surface area contributed by atoms with Crippen LogP contribution in [0, 0.1) is 13.8 Å². The van der Waals surface area contributed by atoms with Crippen molar-refractivity contribution in [3.8, 4) is 0 Å². The predicted molar refractivity (Wildman–Crippen MR) is 90.0 cm³/mol. The fourth-order valence-corrected chi connectivity index (χ4v) is 2.98. The third-order valence-electron chi connectivity index (χ3n) is 3.48. The summed E-state index contributed by atoms with van der Waals surface area (Å²) in [5.41, 5.74) is 4.43. The number of para-hydroxylation sites is 1. The maximum atomic E-state index is 12.1. The van der Waals surface area contributed by atoms with Crippen molar-refractivity contribution >= 4 is 22.9 Å². The molecule has 21 heavy (non-hydrogen) atoms. The van der Waals surface area contributed by atoms with Crippen LogP contribution in [-0.2, 0) is 11.2 Å². The minimum absolute atomic E-state index is 0.00423. The highest BCUT2D eigenvalue weighted by atomic mass is 32.1. The summed E-state index contributed by atoms with van der Waals surface area (Å²) in [6.07, 6.45) is 0.945. The van der Waals surface area contributed by atoms with Crippen molar-refractivity contribution < 1.29 is 4.79 Å². The standard InChI is InChI=1S/C17H22N2OS/c1-12-5-4-6-13(2)17(12)19-16(20)10-18-14(3)9-15-7-8-21-11-15/h4-8,11,14,18H,9-10H2,1-3H3,(H,19,20)/t14-/m0/s1. The van der Waals surface area contributed by atoms with Crippen LogP contribution in [0.5, 0.6) is 0 Å². The van der Waals surface area contributed by atoms with Crippen LogP contribution in [0.4, 0.5) is 5.69 Å². The van der Waals surface area contributed by atoms with E-state index in [2.05, 4.69) is 34.4 Å². The number of carbonyl (C=O) groups excluding carboxylic acids is 1. The van der Waals surface area contributed by atoms with Gasteiger partial charge in [-0.3, -0.25) is 4.79 Å². The Bertz CT molecular complexity index is 573. The summed E-state index contributed by atoms with van der Waals surface area (Å²) in [6.45, 7) is 6.45. The second-order valence-corrected chi connectivity index (χ2v) is 6.21. The number of hydrogen-bond acceptors (Lipinski definition) is 3. The highest BCUT2D eigenvalue weighted by Crippen LogP contribution is 2.19. The molecule has 0 spiro atoms. The van der Waals surface area contributed by atoms with Gasteiger partial charge in [0.25, 0.3) is 0 Å². The molecule has 2 N–H and O–H groups in total. The van der Waals surface area contributed by atoms with E-state index >= 15 is 0 Å². The first-order valence-electron chi connectivity index (χ1n) is 7.17. The summed E-state index contributed by atoms with van der Waals surface area (Å²) in [5.74, 6) is 0.00423. The zero-order valence-corrected chi connectivity index (χ0v) is 13.6. The molecule has 0 saturated carbocycles. The Hall–Kier alpha value is -1.65. The number of nitrogens with one attached hydrogen (secondary N) is 2. The topological polar surface area (TPSA) is 41.1 Å². The zero-order chi connectivity index (χ0) is 15.2. The van der Waals surface area contributed by atoms with E-state index in [9.17, 15) is 4.79 Å². The van der Waals surface area contributed by atoms with Crippen LogP contribution in [0.15, 0.2) is 35.0 Å². The molecular formula is C17H22N2OS. The lowest BCUT2D eigenvalue weighted by atomic mass is 10.1. The monoisotopic (exact) mass is 302 g/mol. The molecule has 1 amide bonds. The Kier molecular flexibility index (Phi) is 5.53. The van der Waals surface area contributed by atoms with Crippen molar-refractivity contribution in [2.24, 2.45) is 0 Å². The molecule has 0 radical (unpaired) electrons. The molecule has 0 saturated heterocycles. The summed E-state index contributed by atoms with van der Waals surface area (Å²) in [7, 11) is 0. The number of carbonyl (C=O) groups is 1. The Balaban J connectivity index is 1.82. The first kappa shape index (κ1) is 15.7. The van der Waals surface area contributed by atoms with Gasteiger partial charge < -0.3 is 10.6 Å². The van der Waals surface area contributed by atoms with E-state index in [0.717, 1.165) is 23.2 Å². The lowest BCUT2D eigenvalue weighted by Crippen LogP contribution is -2.35. The van der Waals surface area contributed by atoms with Gasteiger partial charge in [0.05, 0.1) is 6.54 Å². The lowest BCUT2D eigenvalue weighted by molar-refractivity contribution is -0.115. The van der Waals surface area contributed by atoms with E-state index in [-0.39, 0.29) is 11.9 Å². The molecule has 1 heterocycles. The first-order chi connectivity index (χ1) is 10.1. The molecule has 2 rings (SSSR count). The summed E-state index contributed by atoms with van der Waals surface area (Å²) in [5, 5.41) is 10.5. The van der Waals surface area contributed by atoms with Crippen molar-refractivity contribution in [2.75, 3.05) is 11.9 Å². The molecule has 0 aliphatic heterocycles. The van der Waals surface area contributed by atoms with Crippen LogP contribution < -0.4 is 10.6 Å². The molecular weight excluding hydrogens is 280 g/mol. The molecule has 112 valence electrons. The van der Waals surface area contributed by atoms with Crippen molar-refractivity contribution in [1.29, 1.82) is 0 Å². The second-order valence-electron chi connectivity index (χ2n) is 5.43. The highest BCUT2D eigenvalue weighted by Gasteiger charge is 2.09. The van der Waals surface area contributed by atoms with Crippen LogP contribution in [0.3, 0.4) is 0 Å². The maximum absolute atomic E-state index is 12.1. The van der Waals surface area contributed by atoms with E-state index in [0.29, 0.717) is 6.54 Å². The number of rotatable bonds is 6. The molecule has 0 aliphatic rings. The molecule has 1 atom stereocenters. The van der Waals surface area contributed by atoms with Gasteiger partial charge in [0.2, 0.25) is 5.91 Å². The van der Waals surface area contributed by atoms with Gasteiger partial charge in [-0.1, -0.05) is 18.2 Å². The molecule has 3 nitrogen and oxygen atoms in total. The Morgan fingerprint density at radius 2 is 1.95 bits per heavy atom. The van der Waals surface area contributed by atoms with E-state index in [1.165, 1.54) is 5.56 Å². The molecule has 4 heteroatoms. The Morgan fingerprint density at radius 1 is 1.24 bits per heavy atom. The summed E-state index contributed by atoms with van der Waals surface area (Å²) in [6, 6.07) is 8.43. The summed E-state index contributed by atoms with van der Waals surface area (Å²) < 4.78 is 0. The van der Waals surface area contributed by atoms with Gasteiger partial charge in [0, 0.05) is 11.7 Å². The number of hydrogen-bond donors (Lipinski definition) is 2. The van der Waals surface area contributed by atoms with Crippen LogP contribution in [0.1, 0.15) is 23.6 Å². The van der Waals surface area contributed by atoms with Crippen LogP contribution >= 0.6 is 11.3 Å². The quantitative estimate of drug-likeness (QED) is 0.857. The molecule has 2 aromatic rings. The smallest absolute Gasteiger partial charge is 0.238 e. The van der Waals surface area contributed by atoms with Gasteiger partial charge in [-0.05, 0) is 60.7 Å².